The monoisotopic (exact) mass is 268 g/mol. The maximum atomic E-state index is 9.56. The van der Waals surface area contributed by atoms with E-state index >= 15 is 0 Å². The van der Waals surface area contributed by atoms with Crippen molar-refractivity contribution < 1.29 is 5.11 Å². The van der Waals surface area contributed by atoms with Gasteiger partial charge in [-0.25, -0.2) is 4.98 Å². The van der Waals surface area contributed by atoms with Crippen molar-refractivity contribution in [3.63, 3.8) is 0 Å². The summed E-state index contributed by atoms with van der Waals surface area (Å²) in [6, 6.07) is 4.86. The van der Waals surface area contributed by atoms with E-state index in [-0.39, 0.29) is 5.75 Å². The molecule has 0 aliphatic carbocycles. The van der Waals surface area contributed by atoms with E-state index < -0.39 is 0 Å². The summed E-state index contributed by atoms with van der Waals surface area (Å²) >= 11 is 7.24. The van der Waals surface area contributed by atoms with Crippen molar-refractivity contribution in [1.82, 2.24) is 4.98 Å². The highest BCUT2D eigenvalue weighted by molar-refractivity contribution is 7.14. The fourth-order valence-electron chi connectivity index (χ4n) is 1.14. The van der Waals surface area contributed by atoms with E-state index in [2.05, 4.69) is 15.5 Å². The van der Waals surface area contributed by atoms with Gasteiger partial charge in [0.05, 0.1) is 16.8 Å². The molecule has 1 aromatic heterocycles. The van der Waals surface area contributed by atoms with E-state index in [1.54, 1.807) is 17.5 Å². The molecule has 0 amide bonds. The van der Waals surface area contributed by atoms with Crippen LogP contribution in [0.25, 0.3) is 0 Å². The molecule has 0 atom stereocenters. The van der Waals surface area contributed by atoms with Gasteiger partial charge in [0.25, 0.3) is 0 Å². The van der Waals surface area contributed by atoms with Crippen molar-refractivity contribution in [2.24, 2.45) is 5.10 Å². The zero-order chi connectivity index (χ0) is 12.3. The lowest BCUT2D eigenvalue weighted by Gasteiger charge is -2.00. The lowest BCUT2D eigenvalue weighted by atomic mass is 10.2. The van der Waals surface area contributed by atoms with Crippen LogP contribution in [0, 0.1) is 0 Å². The second kappa shape index (κ2) is 5.03. The average molecular weight is 269 g/mol. The highest BCUT2D eigenvalue weighted by atomic mass is 35.5. The molecule has 7 heteroatoms. The topological polar surface area (TPSA) is 83.5 Å². The van der Waals surface area contributed by atoms with Gasteiger partial charge >= 0.3 is 0 Å². The molecule has 0 spiro atoms. The van der Waals surface area contributed by atoms with Gasteiger partial charge in [-0.15, -0.1) is 11.3 Å². The van der Waals surface area contributed by atoms with Crippen LogP contribution in [-0.2, 0) is 0 Å². The Kier molecular flexibility index (Phi) is 3.46. The number of nitrogen functional groups attached to an aromatic ring is 1. The van der Waals surface area contributed by atoms with E-state index in [0.29, 0.717) is 21.5 Å². The molecule has 2 aromatic rings. The first-order chi connectivity index (χ1) is 8.16. The van der Waals surface area contributed by atoms with Gasteiger partial charge in [0.1, 0.15) is 11.6 Å². The number of thiazole rings is 1. The van der Waals surface area contributed by atoms with Crippen LogP contribution in [0.15, 0.2) is 28.7 Å². The summed E-state index contributed by atoms with van der Waals surface area (Å²) < 4.78 is 0. The van der Waals surface area contributed by atoms with Crippen LogP contribution in [0.1, 0.15) is 5.56 Å². The fourth-order valence-corrected chi connectivity index (χ4v) is 1.91. The van der Waals surface area contributed by atoms with Gasteiger partial charge in [0.15, 0.2) is 0 Å². The van der Waals surface area contributed by atoms with Crippen molar-refractivity contribution in [3.8, 4) is 5.75 Å². The number of aromatic hydroxyl groups is 1. The van der Waals surface area contributed by atoms with E-state index in [0.717, 1.165) is 0 Å². The molecule has 2 rings (SSSR count). The Morgan fingerprint density at radius 1 is 1.53 bits per heavy atom. The number of aromatic nitrogens is 1. The summed E-state index contributed by atoms with van der Waals surface area (Å²) in [5.74, 6) is 0.509. The molecule has 0 aliphatic rings. The number of nitrogens with two attached hydrogens (primary N) is 1. The highest BCUT2D eigenvalue weighted by Crippen LogP contribution is 2.23. The summed E-state index contributed by atoms with van der Waals surface area (Å²) in [6.07, 6.45) is 1.43. The minimum absolute atomic E-state index is 0.0710. The van der Waals surface area contributed by atoms with E-state index in [1.165, 1.54) is 23.6 Å². The van der Waals surface area contributed by atoms with Crippen LogP contribution in [0.2, 0.25) is 5.02 Å². The van der Waals surface area contributed by atoms with Gasteiger partial charge in [-0.2, -0.15) is 5.10 Å². The van der Waals surface area contributed by atoms with E-state index in [1.807, 2.05) is 0 Å². The quantitative estimate of drug-likeness (QED) is 0.590. The molecule has 0 saturated carbocycles. The summed E-state index contributed by atoms with van der Waals surface area (Å²) in [6.45, 7) is 0. The van der Waals surface area contributed by atoms with Gasteiger partial charge in [-0.3, -0.25) is 5.43 Å². The second-order valence-electron chi connectivity index (χ2n) is 3.12. The molecule has 1 heterocycles. The normalized spacial score (nSPS) is 10.9. The number of anilines is 2. The molecular weight excluding hydrogens is 260 g/mol. The van der Waals surface area contributed by atoms with Crippen LogP contribution in [0.5, 0.6) is 5.75 Å². The molecule has 17 heavy (non-hydrogen) atoms. The van der Waals surface area contributed by atoms with E-state index in [4.69, 9.17) is 17.3 Å². The standard InChI is InChI=1S/C10H9ClN4OS/c11-7-2-1-3-8(16)6(7)4-13-15-10-14-9(12)5-17-10/h1-5,16H,12H2,(H,14,15). The second-order valence-corrected chi connectivity index (χ2v) is 4.39. The summed E-state index contributed by atoms with van der Waals surface area (Å²) in [5, 5.41) is 16.2. The largest absolute Gasteiger partial charge is 0.507 e. The third kappa shape index (κ3) is 2.86. The first kappa shape index (κ1) is 11.7. The molecule has 0 saturated heterocycles. The number of hydrazone groups is 1. The maximum absolute atomic E-state index is 9.56. The van der Waals surface area contributed by atoms with Crippen LogP contribution in [0.3, 0.4) is 0 Å². The first-order valence-corrected chi connectivity index (χ1v) is 5.90. The predicted molar refractivity (Wildman–Crippen MR) is 70.9 cm³/mol. The number of phenols is 1. The lowest BCUT2D eigenvalue weighted by Crippen LogP contribution is -1.92. The molecule has 4 N–H and O–H groups in total. The Bertz CT molecular complexity index is 535. The number of hydrogen-bond donors (Lipinski definition) is 3. The number of phenolic OH excluding ortho intramolecular Hbond substituents is 1. The van der Waals surface area contributed by atoms with Crippen LogP contribution >= 0.6 is 22.9 Å². The first-order valence-electron chi connectivity index (χ1n) is 4.64. The zero-order valence-electron chi connectivity index (χ0n) is 8.59. The maximum Gasteiger partial charge on any atom is 0.205 e. The average Bonchev–Trinajstić information content (AvgIpc) is 2.69. The minimum atomic E-state index is 0.0710. The van der Waals surface area contributed by atoms with Crippen molar-refractivity contribution in [3.05, 3.63) is 34.2 Å². The number of nitrogens with zero attached hydrogens (tertiary/aromatic N) is 2. The third-order valence-corrected chi connectivity index (χ3v) is 3.00. The summed E-state index contributed by atoms with van der Waals surface area (Å²) in [5.41, 5.74) is 8.60. The van der Waals surface area contributed by atoms with E-state index in [9.17, 15) is 5.11 Å². The Morgan fingerprint density at radius 2 is 2.35 bits per heavy atom. The lowest BCUT2D eigenvalue weighted by molar-refractivity contribution is 0.474. The van der Waals surface area contributed by atoms with Crippen LogP contribution in [-0.4, -0.2) is 16.3 Å². The number of nitrogens with one attached hydrogen (secondary N) is 1. The highest BCUT2D eigenvalue weighted by Gasteiger charge is 2.02. The molecule has 0 aliphatic heterocycles. The number of rotatable bonds is 3. The SMILES string of the molecule is Nc1csc(NN=Cc2c(O)cccc2Cl)n1. The Balaban J connectivity index is 2.10. The Hall–Kier alpha value is -1.79. The minimum Gasteiger partial charge on any atom is -0.507 e. The Morgan fingerprint density at radius 3 is 3.00 bits per heavy atom. The number of hydrogen-bond acceptors (Lipinski definition) is 6. The number of halogens is 1. The van der Waals surface area contributed by atoms with Crippen molar-refractivity contribution in [2.45, 2.75) is 0 Å². The smallest absolute Gasteiger partial charge is 0.205 e. The van der Waals surface area contributed by atoms with Gasteiger partial charge < -0.3 is 10.8 Å². The van der Waals surface area contributed by atoms with Crippen LogP contribution in [0.4, 0.5) is 10.9 Å². The zero-order valence-corrected chi connectivity index (χ0v) is 10.2. The van der Waals surface area contributed by atoms with Crippen molar-refractivity contribution in [2.75, 3.05) is 11.2 Å². The molecule has 0 fully saturated rings. The molecule has 1 aromatic carbocycles. The molecule has 88 valence electrons. The van der Waals surface area contributed by atoms with Gasteiger partial charge in [-0.05, 0) is 12.1 Å². The molecule has 5 nitrogen and oxygen atoms in total. The molecule has 0 radical (unpaired) electrons. The van der Waals surface area contributed by atoms with Gasteiger partial charge in [0.2, 0.25) is 5.13 Å². The Labute approximate surface area is 107 Å². The molecule has 0 unspecified atom stereocenters. The van der Waals surface area contributed by atoms with Gasteiger partial charge in [-0.1, -0.05) is 17.7 Å². The molecule has 0 bridgehead atoms. The molecular formula is C10H9ClN4OS. The number of benzene rings is 1. The summed E-state index contributed by atoms with van der Waals surface area (Å²) in [4.78, 5) is 3.96. The van der Waals surface area contributed by atoms with Crippen molar-refractivity contribution in [1.29, 1.82) is 0 Å². The summed E-state index contributed by atoms with van der Waals surface area (Å²) in [7, 11) is 0. The predicted octanol–water partition coefficient (Wildman–Crippen LogP) is 2.53. The van der Waals surface area contributed by atoms with Crippen molar-refractivity contribution >= 4 is 40.1 Å². The third-order valence-electron chi connectivity index (χ3n) is 1.91. The fraction of sp³-hybridized carbons (Fsp3) is 0. The van der Waals surface area contributed by atoms with Gasteiger partial charge in [0, 0.05) is 5.38 Å². The van der Waals surface area contributed by atoms with Crippen LogP contribution < -0.4 is 11.2 Å².